The van der Waals surface area contributed by atoms with Crippen molar-refractivity contribution in [1.29, 1.82) is 0 Å². The molecule has 0 aromatic heterocycles. The summed E-state index contributed by atoms with van der Waals surface area (Å²) in [5.41, 5.74) is 0.813. The molecule has 1 aromatic rings. The highest BCUT2D eigenvalue weighted by molar-refractivity contribution is 5.96. The van der Waals surface area contributed by atoms with Crippen LogP contribution in [0, 0.1) is 11.8 Å². The number of methoxy groups -OCH3 is 1. The molecular formula is C14H14O2. The van der Waals surface area contributed by atoms with Crippen LogP contribution < -0.4 is 4.74 Å². The largest absolute Gasteiger partial charge is 0.497 e. The fraction of sp³-hybridized carbons (Fsp3) is 0.214. The van der Waals surface area contributed by atoms with Crippen LogP contribution in [0.3, 0.4) is 0 Å². The Balaban J connectivity index is 2.61. The molecule has 0 saturated heterocycles. The highest BCUT2D eigenvalue weighted by Crippen LogP contribution is 2.10. The molecule has 2 heteroatoms. The first kappa shape index (κ1) is 12.1. The van der Waals surface area contributed by atoms with E-state index >= 15 is 0 Å². The molecule has 1 aromatic carbocycles. The van der Waals surface area contributed by atoms with E-state index in [4.69, 9.17) is 4.74 Å². The Labute approximate surface area is 95.9 Å². The maximum absolute atomic E-state index is 11.3. The number of hydrogen-bond donors (Lipinski definition) is 0. The number of carbonyl (C=O) groups excluding carboxylic acids is 1. The number of allylic oxidation sites excluding steroid dienone is 1. The molecule has 0 unspecified atom stereocenters. The molecule has 0 fully saturated rings. The number of ketones is 1. The zero-order valence-corrected chi connectivity index (χ0v) is 9.32. The van der Waals surface area contributed by atoms with Gasteiger partial charge in [0, 0.05) is 12.0 Å². The van der Waals surface area contributed by atoms with Crippen LogP contribution in [-0.2, 0) is 4.79 Å². The average molecular weight is 214 g/mol. The first-order chi connectivity index (χ1) is 7.76. The Morgan fingerprint density at radius 1 is 1.44 bits per heavy atom. The van der Waals surface area contributed by atoms with Crippen LogP contribution in [0.1, 0.15) is 18.4 Å². The maximum atomic E-state index is 11.3. The molecule has 0 amide bonds. The zero-order valence-electron chi connectivity index (χ0n) is 9.32. The van der Waals surface area contributed by atoms with Crippen molar-refractivity contribution >= 4 is 5.78 Å². The highest BCUT2D eigenvalue weighted by atomic mass is 16.5. The average Bonchev–Trinajstić information content (AvgIpc) is 2.34. The molecule has 0 atom stereocenters. The van der Waals surface area contributed by atoms with Gasteiger partial charge in [-0.05, 0) is 36.6 Å². The molecule has 0 radical (unpaired) electrons. The molecule has 0 aliphatic heterocycles. The van der Waals surface area contributed by atoms with Gasteiger partial charge in [-0.25, -0.2) is 0 Å². The van der Waals surface area contributed by atoms with Crippen LogP contribution in [0.25, 0.3) is 0 Å². The van der Waals surface area contributed by atoms with Crippen molar-refractivity contribution in [2.75, 3.05) is 7.11 Å². The number of Topliss-reactive ketones (excluding diaryl/α,β-unsaturated/α-hetero) is 1. The highest BCUT2D eigenvalue weighted by Gasteiger charge is 1.94. The summed E-state index contributed by atoms with van der Waals surface area (Å²) in [5, 5.41) is 0. The Morgan fingerprint density at radius 3 is 2.69 bits per heavy atom. The van der Waals surface area contributed by atoms with Crippen molar-refractivity contribution < 1.29 is 9.53 Å². The van der Waals surface area contributed by atoms with Crippen molar-refractivity contribution in [2.45, 2.75) is 12.8 Å². The van der Waals surface area contributed by atoms with E-state index in [2.05, 4.69) is 18.4 Å². The fourth-order valence-electron chi connectivity index (χ4n) is 1.11. The molecule has 0 spiro atoms. The fourth-order valence-corrected chi connectivity index (χ4v) is 1.11. The third-order valence-electron chi connectivity index (χ3n) is 2.01. The third-order valence-corrected chi connectivity index (χ3v) is 2.01. The van der Waals surface area contributed by atoms with Gasteiger partial charge in [0.2, 0.25) is 5.78 Å². The summed E-state index contributed by atoms with van der Waals surface area (Å²) < 4.78 is 5.02. The number of benzene rings is 1. The lowest BCUT2D eigenvalue weighted by Crippen LogP contribution is -1.91. The van der Waals surface area contributed by atoms with Crippen LogP contribution in [0.5, 0.6) is 5.75 Å². The molecule has 0 N–H and O–H groups in total. The molecule has 1 rings (SSSR count). The minimum atomic E-state index is -0.0595. The second-order valence-electron chi connectivity index (χ2n) is 3.23. The maximum Gasteiger partial charge on any atom is 0.206 e. The van der Waals surface area contributed by atoms with E-state index in [1.54, 1.807) is 13.2 Å². The molecule has 2 nitrogen and oxygen atoms in total. The van der Waals surface area contributed by atoms with Gasteiger partial charge in [0.25, 0.3) is 0 Å². The summed E-state index contributed by atoms with van der Waals surface area (Å²) in [7, 11) is 1.61. The van der Waals surface area contributed by atoms with Gasteiger partial charge >= 0.3 is 0 Å². The minimum absolute atomic E-state index is 0.0595. The monoisotopic (exact) mass is 214 g/mol. The van der Waals surface area contributed by atoms with Crippen molar-refractivity contribution in [3.63, 3.8) is 0 Å². The Morgan fingerprint density at radius 2 is 2.12 bits per heavy atom. The van der Waals surface area contributed by atoms with Gasteiger partial charge in [0.1, 0.15) is 5.75 Å². The van der Waals surface area contributed by atoms with Crippen LogP contribution in [0.2, 0.25) is 0 Å². The first-order valence-electron chi connectivity index (χ1n) is 5.06. The van der Waals surface area contributed by atoms with Crippen LogP contribution >= 0.6 is 0 Å². The summed E-state index contributed by atoms with van der Waals surface area (Å²) in [6.07, 6.45) is 2.83. The summed E-state index contributed by atoms with van der Waals surface area (Å²) in [6, 6.07) is 7.29. The number of hydrogen-bond acceptors (Lipinski definition) is 2. The van der Waals surface area contributed by atoms with Gasteiger partial charge < -0.3 is 4.74 Å². The summed E-state index contributed by atoms with van der Waals surface area (Å²) in [6.45, 7) is 3.56. The molecule has 82 valence electrons. The van der Waals surface area contributed by atoms with Crippen LogP contribution in [0.15, 0.2) is 36.9 Å². The van der Waals surface area contributed by atoms with E-state index in [0.717, 1.165) is 11.3 Å². The number of ether oxygens (including phenoxy) is 1. The first-order valence-corrected chi connectivity index (χ1v) is 5.06. The number of carbonyl (C=O) groups is 1. The van der Waals surface area contributed by atoms with Gasteiger partial charge in [-0.2, -0.15) is 0 Å². The lowest BCUT2D eigenvalue weighted by molar-refractivity contribution is -0.113. The normalized spacial score (nSPS) is 8.81. The van der Waals surface area contributed by atoms with Crippen LogP contribution in [-0.4, -0.2) is 12.9 Å². The Hall–Kier alpha value is -2.01. The van der Waals surface area contributed by atoms with Crippen molar-refractivity contribution in [2.24, 2.45) is 0 Å². The number of rotatable bonds is 4. The van der Waals surface area contributed by atoms with E-state index in [0.29, 0.717) is 12.8 Å². The molecule has 0 aliphatic rings. The summed E-state index contributed by atoms with van der Waals surface area (Å²) in [5.74, 6) is 6.13. The molecule has 0 heterocycles. The van der Waals surface area contributed by atoms with Gasteiger partial charge in [-0.1, -0.05) is 12.0 Å². The van der Waals surface area contributed by atoms with Crippen molar-refractivity contribution in [3.05, 3.63) is 42.5 Å². The van der Waals surface area contributed by atoms with E-state index in [9.17, 15) is 4.79 Å². The van der Waals surface area contributed by atoms with E-state index < -0.39 is 0 Å². The minimum Gasteiger partial charge on any atom is -0.497 e. The SMILES string of the molecule is C=CCCC(=O)C#Cc1ccc(OC)cc1. The second kappa shape index (κ2) is 6.47. The second-order valence-corrected chi connectivity index (χ2v) is 3.23. The van der Waals surface area contributed by atoms with Crippen LogP contribution in [0.4, 0.5) is 0 Å². The quantitative estimate of drug-likeness (QED) is 0.569. The molecule has 16 heavy (non-hydrogen) atoms. The van der Waals surface area contributed by atoms with Gasteiger partial charge in [0.05, 0.1) is 7.11 Å². The molecular weight excluding hydrogens is 200 g/mol. The summed E-state index contributed by atoms with van der Waals surface area (Å²) in [4.78, 5) is 11.3. The van der Waals surface area contributed by atoms with E-state index in [1.165, 1.54) is 0 Å². The lowest BCUT2D eigenvalue weighted by Gasteiger charge is -1.97. The Bertz CT molecular complexity index is 418. The van der Waals surface area contributed by atoms with Gasteiger partial charge in [-0.15, -0.1) is 6.58 Å². The Kier molecular flexibility index (Phi) is 4.88. The topological polar surface area (TPSA) is 26.3 Å². The van der Waals surface area contributed by atoms with Crippen molar-refractivity contribution in [3.8, 4) is 17.6 Å². The van der Waals surface area contributed by atoms with E-state index in [-0.39, 0.29) is 5.78 Å². The standard InChI is InChI=1S/C14H14O2/c1-3-4-5-13(15)9-6-12-7-10-14(16-2)11-8-12/h3,7-8,10-11H,1,4-5H2,2H3. The predicted octanol–water partition coefficient (Wildman–Crippen LogP) is 2.58. The van der Waals surface area contributed by atoms with Crippen molar-refractivity contribution in [1.82, 2.24) is 0 Å². The smallest absolute Gasteiger partial charge is 0.206 e. The molecule has 0 bridgehead atoms. The van der Waals surface area contributed by atoms with E-state index in [1.807, 2.05) is 24.3 Å². The predicted molar refractivity (Wildman–Crippen MR) is 64.3 cm³/mol. The zero-order chi connectivity index (χ0) is 11.8. The lowest BCUT2D eigenvalue weighted by atomic mass is 10.2. The summed E-state index contributed by atoms with van der Waals surface area (Å²) >= 11 is 0. The molecule has 0 aliphatic carbocycles. The molecule has 0 saturated carbocycles. The van der Waals surface area contributed by atoms with Gasteiger partial charge in [-0.3, -0.25) is 4.79 Å². The third kappa shape index (κ3) is 4.02. The van der Waals surface area contributed by atoms with Gasteiger partial charge in [0.15, 0.2) is 0 Å².